The zero-order valence-corrected chi connectivity index (χ0v) is 13.2. The second-order valence-electron chi connectivity index (χ2n) is 6.88. The number of carbonyl (C=O) groups is 3. The van der Waals surface area contributed by atoms with E-state index in [1.807, 2.05) is 6.92 Å². The van der Waals surface area contributed by atoms with Gasteiger partial charge >= 0.3 is 11.9 Å². The van der Waals surface area contributed by atoms with Crippen LogP contribution in [0.5, 0.6) is 0 Å². The number of carboxylic acid groups (broad SMARTS) is 1. The summed E-state index contributed by atoms with van der Waals surface area (Å²) in [4.78, 5) is 36.5. The van der Waals surface area contributed by atoms with Crippen molar-refractivity contribution in [3.63, 3.8) is 0 Å². The van der Waals surface area contributed by atoms with E-state index in [9.17, 15) is 19.5 Å². The molecule has 1 heterocycles. The second kappa shape index (κ2) is 4.53. The third kappa shape index (κ3) is 1.64. The maximum Gasteiger partial charge on any atom is 0.318 e. The predicted octanol–water partition coefficient (Wildman–Crippen LogP) is 1.85. The van der Waals surface area contributed by atoms with Crippen LogP contribution in [0.15, 0.2) is 27.9 Å². The number of hydrogen-bond donors (Lipinski definition) is 2. The zero-order chi connectivity index (χ0) is 17.0. The molecule has 2 aliphatic carbocycles. The molecule has 0 spiro atoms. The Hall–Kier alpha value is -2.44. The van der Waals surface area contributed by atoms with E-state index in [1.54, 1.807) is 19.9 Å². The van der Waals surface area contributed by atoms with Gasteiger partial charge in [0.25, 0.3) is 0 Å². The van der Waals surface area contributed by atoms with Crippen LogP contribution in [0.4, 0.5) is 0 Å². The first-order chi connectivity index (χ1) is 10.7. The first-order valence-electron chi connectivity index (χ1n) is 7.39. The van der Waals surface area contributed by atoms with Crippen molar-refractivity contribution in [1.29, 1.82) is 0 Å². The molecule has 0 aromatic carbocycles. The number of furan rings is 1. The summed E-state index contributed by atoms with van der Waals surface area (Å²) in [6, 6.07) is 3.04. The Balaban J connectivity index is 1.98. The molecule has 0 aliphatic heterocycles. The summed E-state index contributed by atoms with van der Waals surface area (Å²) >= 11 is 0. The average molecular weight is 318 g/mol. The first kappa shape index (κ1) is 15.5. The van der Waals surface area contributed by atoms with E-state index in [2.05, 4.69) is 10.5 Å². The van der Waals surface area contributed by atoms with Crippen molar-refractivity contribution in [3.8, 4) is 0 Å². The molecule has 1 aromatic rings. The number of ketones is 1. The van der Waals surface area contributed by atoms with Crippen LogP contribution in [-0.4, -0.2) is 28.5 Å². The Labute approximate surface area is 132 Å². The minimum absolute atomic E-state index is 0.0716. The van der Waals surface area contributed by atoms with Gasteiger partial charge in [-0.15, -0.1) is 0 Å². The Morgan fingerprint density at radius 3 is 2.52 bits per heavy atom. The Kier molecular flexibility index (Phi) is 3.05. The number of nitrogens with one attached hydrogen (secondary N) is 1. The fraction of sp³-hybridized carbons (Fsp3) is 0.500. The average Bonchev–Trinajstić information content (AvgIpc) is 3.09. The summed E-state index contributed by atoms with van der Waals surface area (Å²) in [6.45, 7) is 5.40. The summed E-state index contributed by atoms with van der Waals surface area (Å²) in [5.74, 6) is -2.14. The Bertz CT molecular complexity index is 734. The van der Waals surface area contributed by atoms with Gasteiger partial charge in [0, 0.05) is 5.41 Å². The van der Waals surface area contributed by atoms with Crippen LogP contribution in [0.25, 0.3) is 0 Å². The van der Waals surface area contributed by atoms with Crippen LogP contribution >= 0.6 is 0 Å². The fourth-order valence-corrected chi connectivity index (χ4v) is 4.01. The van der Waals surface area contributed by atoms with Gasteiger partial charge in [-0.25, -0.2) is 5.43 Å². The number of aliphatic carboxylic acids is 1. The van der Waals surface area contributed by atoms with Crippen LogP contribution in [0.3, 0.4) is 0 Å². The van der Waals surface area contributed by atoms with Crippen molar-refractivity contribution < 1.29 is 23.9 Å². The van der Waals surface area contributed by atoms with Crippen molar-refractivity contribution >= 4 is 23.4 Å². The lowest BCUT2D eigenvalue weighted by Crippen LogP contribution is -2.44. The second-order valence-corrected chi connectivity index (χ2v) is 6.88. The molecule has 2 atom stereocenters. The molecule has 7 heteroatoms. The van der Waals surface area contributed by atoms with Gasteiger partial charge < -0.3 is 9.52 Å². The molecule has 0 unspecified atom stereocenters. The van der Waals surface area contributed by atoms with E-state index in [1.165, 1.54) is 12.3 Å². The Morgan fingerprint density at radius 1 is 1.30 bits per heavy atom. The highest BCUT2D eigenvalue weighted by Crippen LogP contribution is 2.69. The summed E-state index contributed by atoms with van der Waals surface area (Å²) in [6.07, 6.45) is 2.18. The van der Waals surface area contributed by atoms with Gasteiger partial charge in [-0.05, 0) is 30.4 Å². The topological polar surface area (TPSA) is 109 Å². The number of carboxylic acids is 1. The molecule has 2 bridgehead atoms. The van der Waals surface area contributed by atoms with Crippen molar-refractivity contribution in [2.75, 3.05) is 0 Å². The third-order valence-electron chi connectivity index (χ3n) is 5.95. The number of Topliss-reactive ketones (excluding diaryl/α,β-unsaturated/α-hetero) is 1. The van der Waals surface area contributed by atoms with Crippen LogP contribution in [0.1, 0.15) is 44.2 Å². The van der Waals surface area contributed by atoms with Gasteiger partial charge in [-0.3, -0.25) is 14.4 Å². The molecular weight excluding hydrogens is 300 g/mol. The van der Waals surface area contributed by atoms with Crippen LogP contribution in [0.2, 0.25) is 0 Å². The van der Waals surface area contributed by atoms with Crippen molar-refractivity contribution in [2.45, 2.75) is 33.6 Å². The molecular formula is C16H18N2O5. The highest BCUT2D eigenvalue weighted by Gasteiger charge is 2.77. The van der Waals surface area contributed by atoms with Crippen molar-refractivity contribution in [2.24, 2.45) is 21.3 Å². The molecule has 0 saturated heterocycles. The number of rotatable bonds is 3. The first-order valence-corrected chi connectivity index (χ1v) is 7.39. The van der Waals surface area contributed by atoms with Gasteiger partial charge in [0.2, 0.25) is 0 Å². The summed E-state index contributed by atoms with van der Waals surface area (Å²) < 4.78 is 4.96. The number of amides is 1. The maximum absolute atomic E-state index is 12.8. The largest absolute Gasteiger partial charge is 0.480 e. The van der Waals surface area contributed by atoms with E-state index in [4.69, 9.17) is 4.42 Å². The predicted molar refractivity (Wildman–Crippen MR) is 79.8 cm³/mol. The molecule has 0 radical (unpaired) electrons. The summed E-state index contributed by atoms with van der Waals surface area (Å²) in [5.41, 5.74) is -0.528. The van der Waals surface area contributed by atoms with E-state index < -0.39 is 33.9 Å². The highest BCUT2D eigenvalue weighted by atomic mass is 16.4. The number of nitrogens with zero attached hydrogens (tertiary/aromatic N) is 1. The maximum atomic E-state index is 12.8. The molecule has 2 saturated carbocycles. The van der Waals surface area contributed by atoms with Gasteiger partial charge in [0.1, 0.15) is 11.1 Å². The normalized spacial score (nSPS) is 33.2. The molecule has 122 valence electrons. The minimum Gasteiger partial charge on any atom is -0.480 e. The van der Waals surface area contributed by atoms with E-state index in [0.717, 1.165) is 0 Å². The third-order valence-corrected chi connectivity index (χ3v) is 5.95. The van der Waals surface area contributed by atoms with Crippen molar-refractivity contribution in [1.82, 2.24) is 5.43 Å². The molecule has 1 aromatic heterocycles. The van der Waals surface area contributed by atoms with E-state index in [-0.39, 0.29) is 17.9 Å². The number of hydrazone groups is 1. The number of fused-ring (bicyclic) bond motifs is 2. The molecule has 2 aliphatic rings. The molecule has 1 amide bonds. The quantitative estimate of drug-likeness (QED) is 0.653. The lowest BCUT2D eigenvalue weighted by molar-refractivity contribution is -0.158. The number of hydrogen-bond acceptors (Lipinski definition) is 5. The van der Waals surface area contributed by atoms with Gasteiger partial charge in [0.05, 0.1) is 6.26 Å². The van der Waals surface area contributed by atoms with Crippen LogP contribution < -0.4 is 5.43 Å². The van der Waals surface area contributed by atoms with Gasteiger partial charge in [0.15, 0.2) is 11.5 Å². The van der Waals surface area contributed by atoms with Crippen LogP contribution in [0, 0.1) is 16.2 Å². The summed E-state index contributed by atoms with van der Waals surface area (Å²) in [7, 11) is 0. The van der Waals surface area contributed by atoms with Gasteiger partial charge in [-0.2, -0.15) is 5.10 Å². The fourth-order valence-electron chi connectivity index (χ4n) is 4.01. The monoisotopic (exact) mass is 318 g/mol. The smallest absolute Gasteiger partial charge is 0.318 e. The van der Waals surface area contributed by atoms with Crippen molar-refractivity contribution in [3.05, 3.63) is 24.2 Å². The van der Waals surface area contributed by atoms with E-state index >= 15 is 0 Å². The lowest BCUT2D eigenvalue weighted by atomic mass is 9.65. The SMILES string of the molecule is CC1(C)[C@]2(C(=O)O)CC[C@]1(C)/C(=N\NC(=O)c1ccco1)C2=O. The zero-order valence-electron chi connectivity index (χ0n) is 13.2. The highest BCUT2D eigenvalue weighted by molar-refractivity contribution is 6.50. The molecule has 23 heavy (non-hydrogen) atoms. The van der Waals surface area contributed by atoms with Crippen LogP contribution in [-0.2, 0) is 9.59 Å². The molecule has 2 fully saturated rings. The molecule has 3 rings (SSSR count). The number of carbonyl (C=O) groups excluding carboxylic acids is 2. The Morgan fingerprint density at radius 2 is 2.00 bits per heavy atom. The summed E-state index contributed by atoms with van der Waals surface area (Å²) in [5, 5.41) is 13.7. The molecule has 7 nitrogen and oxygen atoms in total. The minimum atomic E-state index is -1.48. The molecule has 2 N–H and O–H groups in total. The van der Waals surface area contributed by atoms with Gasteiger partial charge in [-0.1, -0.05) is 20.8 Å². The van der Waals surface area contributed by atoms with E-state index in [0.29, 0.717) is 6.42 Å². The lowest BCUT2D eigenvalue weighted by Gasteiger charge is -2.36. The standard InChI is InChI=1S/C16H18N2O5/c1-14(2)15(3)6-7-16(14,13(21)22)11(19)10(15)17-18-12(20)9-5-4-8-23-9/h4-5,8H,6-7H2,1-3H3,(H,18,20)(H,21,22)/b17-10-/t15-,16-/m1/s1.